The number of carbonyl (C=O) groups is 2. The number of rotatable bonds is 16. The van der Waals surface area contributed by atoms with Crippen molar-refractivity contribution in [2.75, 3.05) is 47.1 Å². The summed E-state index contributed by atoms with van der Waals surface area (Å²) in [6.07, 6.45) is 7.22. The summed E-state index contributed by atoms with van der Waals surface area (Å²) in [6.45, 7) is 8.57. The summed E-state index contributed by atoms with van der Waals surface area (Å²) in [5.74, 6) is 0.193. The molecule has 228 valence electrons. The van der Waals surface area contributed by atoms with Crippen LogP contribution in [0.3, 0.4) is 0 Å². The van der Waals surface area contributed by atoms with Crippen LogP contribution in [-0.4, -0.2) is 77.4 Å². The molecular weight excluding hydrogens is 556 g/mol. The fourth-order valence-electron chi connectivity index (χ4n) is 4.48. The first kappa shape index (κ1) is 31.7. The molecule has 2 aliphatic rings. The molecule has 0 amide bonds. The third-order valence-corrected chi connectivity index (χ3v) is 6.66. The highest BCUT2D eigenvalue weighted by Gasteiger charge is 2.48. The van der Waals surface area contributed by atoms with Gasteiger partial charge in [0, 0.05) is 30.7 Å². The van der Waals surface area contributed by atoms with E-state index < -0.39 is 18.0 Å². The van der Waals surface area contributed by atoms with Crippen LogP contribution in [0.1, 0.15) is 16.7 Å². The zero-order chi connectivity index (χ0) is 30.4. The molecule has 2 saturated heterocycles. The normalized spacial score (nSPS) is 21.0. The first-order valence-corrected chi connectivity index (χ1v) is 13.8. The van der Waals surface area contributed by atoms with Crippen molar-refractivity contribution in [1.29, 1.82) is 0 Å². The number of benzene rings is 2. The predicted molar refractivity (Wildman–Crippen MR) is 158 cm³/mol. The van der Waals surface area contributed by atoms with E-state index in [-0.39, 0.29) is 51.5 Å². The van der Waals surface area contributed by atoms with Gasteiger partial charge in [-0.3, -0.25) is 0 Å². The smallest absolute Gasteiger partial charge is 0.331 e. The van der Waals surface area contributed by atoms with E-state index >= 15 is 0 Å². The summed E-state index contributed by atoms with van der Waals surface area (Å²) in [7, 11) is 1.54. The molecule has 0 aromatic heterocycles. The highest BCUT2D eigenvalue weighted by molar-refractivity contribution is 5.87. The third-order valence-electron chi connectivity index (χ3n) is 6.66. The summed E-state index contributed by atoms with van der Waals surface area (Å²) < 4.78 is 43.3. The Labute approximate surface area is 251 Å². The molecule has 0 aliphatic carbocycles. The van der Waals surface area contributed by atoms with Gasteiger partial charge < -0.3 is 37.9 Å². The molecule has 4 atom stereocenters. The van der Waals surface area contributed by atoms with E-state index in [1.807, 2.05) is 30.3 Å². The zero-order valence-corrected chi connectivity index (χ0v) is 24.1. The van der Waals surface area contributed by atoms with Crippen LogP contribution in [0.4, 0.5) is 0 Å². The lowest BCUT2D eigenvalue weighted by Crippen LogP contribution is -2.32. The largest absolute Gasteiger partial charge is 0.490 e. The van der Waals surface area contributed by atoms with Crippen molar-refractivity contribution < 1.29 is 47.5 Å². The Morgan fingerprint density at radius 3 is 2.35 bits per heavy atom. The van der Waals surface area contributed by atoms with Crippen molar-refractivity contribution in [2.24, 2.45) is 5.92 Å². The van der Waals surface area contributed by atoms with E-state index in [0.29, 0.717) is 18.1 Å². The number of esters is 2. The topological polar surface area (TPSA) is 108 Å². The van der Waals surface area contributed by atoms with Crippen LogP contribution in [0.15, 0.2) is 79.9 Å². The van der Waals surface area contributed by atoms with E-state index in [4.69, 9.17) is 37.9 Å². The monoisotopic (exact) mass is 592 g/mol. The summed E-state index contributed by atoms with van der Waals surface area (Å²) >= 11 is 0. The lowest BCUT2D eigenvalue weighted by atomic mass is 9.99. The number of hydrogen-bond donors (Lipinski definition) is 0. The standard InChI is InChI=1S/C33H36O10/c1-4-30(34)39-18-17-38-28-14-8-25(9-15-28)10-16-31(35)43-29-20-41-32-27(19-40-33(29)32)13-7-24-5-11-26(12-6-24)23(2)42-22-37-21-36-3/h4-16,27,29,32-33H,1-2,17-22H2,3H3/b13-7?,16-10+/t27-,29+,32+,33+/m0/s1. The van der Waals surface area contributed by atoms with Crippen molar-refractivity contribution in [3.8, 4) is 5.75 Å². The average molecular weight is 593 g/mol. The van der Waals surface area contributed by atoms with Crippen molar-refractivity contribution >= 4 is 29.8 Å². The van der Waals surface area contributed by atoms with Gasteiger partial charge in [0.15, 0.2) is 12.9 Å². The number of fused-ring (bicyclic) bond motifs is 1. The highest BCUT2D eigenvalue weighted by Crippen LogP contribution is 2.34. The number of hydrogen-bond acceptors (Lipinski definition) is 10. The number of carbonyl (C=O) groups excluding carboxylic acids is 2. The van der Waals surface area contributed by atoms with Crippen LogP contribution in [0.5, 0.6) is 5.75 Å². The summed E-state index contributed by atoms with van der Waals surface area (Å²) in [5, 5.41) is 0. The van der Waals surface area contributed by atoms with Crippen molar-refractivity contribution in [1.82, 2.24) is 0 Å². The Morgan fingerprint density at radius 1 is 0.884 bits per heavy atom. The Kier molecular flexibility index (Phi) is 12.1. The van der Waals surface area contributed by atoms with Gasteiger partial charge >= 0.3 is 11.9 Å². The first-order chi connectivity index (χ1) is 21.0. The van der Waals surface area contributed by atoms with Crippen LogP contribution in [0.2, 0.25) is 0 Å². The molecule has 0 N–H and O–H groups in total. The molecular formula is C33H36O10. The quantitative estimate of drug-likeness (QED) is 0.0915. The fraction of sp³-hybridized carbons (Fsp3) is 0.333. The second-order valence-electron chi connectivity index (χ2n) is 9.63. The van der Waals surface area contributed by atoms with Crippen molar-refractivity contribution in [3.63, 3.8) is 0 Å². The molecule has 2 fully saturated rings. The minimum Gasteiger partial charge on any atom is -0.490 e. The lowest BCUT2D eigenvalue weighted by molar-refractivity contribution is -0.147. The SMILES string of the molecule is C=CC(=O)OCCOc1ccc(/C=C/C(=O)O[C@@H]2CO[C@H]3[C@@H]2OC[C@@H]3C=Cc2ccc(C(=C)OCOCOC)cc2)cc1. The van der Waals surface area contributed by atoms with E-state index in [1.54, 1.807) is 37.5 Å². The van der Waals surface area contributed by atoms with Gasteiger partial charge in [-0.15, -0.1) is 0 Å². The Bertz CT molecular complexity index is 1280. The van der Waals surface area contributed by atoms with E-state index in [0.717, 1.165) is 22.8 Å². The maximum atomic E-state index is 12.5. The van der Waals surface area contributed by atoms with Crippen LogP contribution < -0.4 is 4.74 Å². The predicted octanol–water partition coefficient (Wildman–Crippen LogP) is 4.41. The van der Waals surface area contributed by atoms with Gasteiger partial charge in [0.1, 0.15) is 37.6 Å². The molecule has 0 unspecified atom stereocenters. The first-order valence-electron chi connectivity index (χ1n) is 13.8. The molecule has 10 nitrogen and oxygen atoms in total. The van der Waals surface area contributed by atoms with Crippen LogP contribution >= 0.6 is 0 Å². The molecule has 0 bridgehead atoms. The van der Waals surface area contributed by atoms with Gasteiger partial charge in [-0.1, -0.05) is 61.7 Å². The van der Waals surface area contributed by atoms with Gasteiger partial charge in [0.25, 0.3) is 0 Å². The Hall–Kier alpha value is -4.22. The van der Waals surface area contributed by atoms with Crippen LogP contribution in [-0.2, 0) is 42.7 Å². The summed E-state index contributed by atoms with van der Waals surface area (Å²) in [5.41, 5.74) is 2.66. The van der Waals surface area contributed by atoms with Gasteiger partial charge in [-0.05, 0) is 29.3 Å². The van der Waals surface area contributed by atoms with Gasteiger partial charge in [-0.25, -0.2) is 9.59 Å². The minimum absolute atomic E-state index is 0.0370. The van der Waals surface area contributed by atoms with Gasteiger partial charge in [0.05, 0.1) is 19.3 Å². The van der Waals surface area contributed by atoms with E-state index in [1.165, 1.54) is 6.08 Å². The fourth-order valence-corrected chi connectivity index (χ4v) is 4.48. The number of ether oxygens (including phenoxy) is 8. The molecule has 4 rings (SSSR count). The Morgan fingerprint density at radius 2 is 1.60 bits per heavy atom. The van der Waals surface area contributed by atoms with Crippen molar-refractivity contribution in [2.45, 2.75) is 18.3 Å². The maximum Gasteiger partial charge on any atom is 0.331 e. The lowest BCUT2D eigenvalue weighted by Gasteiger charge is -2.15. The molecule has 10 heteroatoms. The second kappa shape index (κ2) is 16.4. The molecule has 2 heterocycles. The molecule has 0 saturated carbocycles. The summed E-state index contributed by atoms with van der Waals surface area (Å²) in [6, 6.07) is 14.9. The van der Waals surface area contributed by atoms with Gasteiger partial charge in [-0.2, -0.15) is 0 Å². The molecule has 2 aromatic rings. The molecule has 0 radical (unpaired) electrons. The van der Waals surface area contributed by atoms with Gasteiger partial charge in [0.2, 0.25) is 0 Å². The maximum absolute atomic E-state index is 12.5. The van der Waals surface area contributed by atoms with Crippen molar-refractivity contribution in [3.05, 3.63) is 96.6 Å². The highest BCUT2D eigenvalue weighted by atomic mass is 16.7. The second-order valence-corrected chi connectivity index (χ2v) is 9.63. The summed E-state index contributed by atoms with van der Waals surface area (Å²) in [4.78, 5) is 23.5. The third kappa shape index (κ3) is 9.65. The molecule has 2 aromatic carbocycles. The van der Waals surface area contributed by atoms with Crippen LogP contribution in [0.25, 0.3) is 17.9 Å². The van der Waals surface area contributed by atoms with E-state index in [9.17, 15) is 9.59 Å². The average Bonchev–Trinajstić information content (AvgIpc) is 3.62. The number of methoxy groups -OCH3 is 1. The Balaban J connectivity index is 1.20. The van der Waals surface area contributed by atoms with Crippen LogP contribution in [0, 0.1) is 5.92 Å². The van der Waals surface area contributed by atoms with E-state index in [2.05, 4.69) is 19.2 Å². The minimum atomic E-state index is -0.495. The molecule has 0 spiro atoms. The zero-order valence-electron chi connectivity index (χ0n) is 24.1. The molecule has 43 heavy (non-hydrogen) atoms. The molecule has 2 aliphatic heterocycles.